The summed E-state index contributed by atoms with van der Waals surface area (Å²) >= 11 is 0. The van der Waals surface area contributed by atoms with E-state index in [0.29, 0.717) is 5.92 Å². The number of hydrogen-bond acceptors (Lipinski definition) is 4. The predicted octanol–water partition coefficient (Wildman–Crippen LogP) is 2.65. The van der Waals surface area contributed by atoms with E-state index in [2.05, 4.69) is 15.3 Å². The molecule has 0 aromatic carbocycles. The first-order chi connectivity index (χ1) is 9.40. The molecule has 0 saturated heterocycles. The zero-order valence-electron chi connectivity index (χ0n) is 11.9. The molecule has 0 amide bonds. The largest absolute Gasteiger partial charge is 0.383 e. The van der Waals surface area contributed by atoms with Crippen LogP contribution in [0.15, 0.2) is 12.4 Å². The first-order valence-electron chi connectivity index (χ1n) is 7.40. The maximum absolute atomic E-state index is 5.00. The van der Waals surface area contributed by atoms with E-state index in [-0.39, 0.29) is 0 Å². The average molecular weight is 263 g/mol. The van der Waals surface area contributed by atoms with E-state index < -0.39 is 0 Å². The van der Waals surface area contributed by atoms with Crippen molar-refractivity contribution in [2.45, 2.75) is 51.0 Å². The van der Waals surface area contributed by atoms with Crippen molar-refractivity contribution >= 4 is 0 Å². The maximum Gasteiger partial charge on any atom is 0.131 e. The lowest BCUT2D eigenvalue weighted by molar-refractivity contribution is 0.199. The normalized spacial score (nSPS) is 17.3. The molecular formula is C15H25N3O. The zero-order chi connectivity index (χ0) is 13.3. The Hall–Kier alpha value is -1.00. The maximum atomic E-state index is 5.00. The number of methoxy groups -OCH3 is 1. The van der Waals surface area contributed by atoms with Crippen molar-refractivity contribution in [1.82, 2.24) is 15.3 Å². The predicted molar refractivity (Wildman–Crippen MR) is 76.1 cm³/mol. The van der Waals surface area contributed by atoms with Gasteiger partial charge in [0.1, 0.15) is 5.82 Å². The Morgan fingerprint density at radius 1 is 1.16 bits per heavy atom. The quantitative estimate of drug-likeness (QED) is 0.633. The van der Waals surface area contributed by atoms with Gasteiger partial charge in [-0.05, 0) is 12.8 Å². The molecular weight excluding hydrogens is 238 g/mol. The van der Waals surface area contributed by atoms with E-state index in [0.717, 1.165) is 31.1 Å². The Bertz CT molecular complexity index is 345. The summed E-state index contributed by atoms with van der Waals surface area (Å²) in [6.45, 7) is 2.41. The molecule has 106 valence electrons. The van der Waals surface area contributed by atoms with Gasteiger partial charge < -0.3 is 10.1 Å². The van der Waals surface area contributed by atoms with Gasteiger partial charge >= 0.3 is 0 Å². The molecule has 2 rings (SSSR count). The molecule has 1 aliphatic carbocycles. The summed E-state index contributed by atoms with van der Waals surface area (Å²) in [5, 5.41) is 3.31. The third-order valence-electron chi connectivity index (χ3n) is 3.76. The monoisotopic (exact) mass is 263 g/mol. The molecule has 0 bridgehead atoms. The van der Waals surface area contributed by atoms with Gasteiger partial charge in [0.2, 0.25) is 0 Å². The summed E-state index contributed by atoms with van der Waals surface area (Å²) in [5.74, 6) is 1.63. The van der Waals surface area contributed by atoms with Crippen LogP contribution in [0.5, 0.6) is 0 Å². The number of nitrogens with zero attached hydrogens (tertiary/aromatic N) is 2. The van der Waals surface area contributed by atoms with E-state index in [1.807, 2.05) is 12.4 Å². The van der Waals surface area contributed by atoms with Crippen LogP contribution in [-0.4, -0.2) is 30.2 Å². The molecule has 1 saturated carbocycles. The van der Waals surface area contributed by atoms with Gasteiger partial charge in [0.05, 0.1) is 6.61 Å². The highest BCUT2D eigenvalue weighted by Crippen LogP contribution is 2.29. The van der Waals surface area contributed by atoms with Crippen LogP contribution >= 0.6 is 0 Å². The second-order valence-electron chi connectivity index (χ2n) is 5.31. The van der Waals surface area contributed by atoms with Crippen LogP contribution in [0.4, 0.5) is 0 Å². The van der Waals surface area contributed by atoms with Crippen molar-refractivity contribution in [2.24, 2.45) is 0 Å². The highest BCUT2D eigenvalue weighted by Gasteiger charge is 2.16. The molecule has 1 N–H and O–H groups in total. The van der Waals surface area contributed by atoms with Gasteiger partial charge in [0.15, 0.2) is 0 Å². The van der Waals surface area contributed by atoms with E-state index in [1.54, 1.807) is 7.11 Å². The van der Waals surface area contributed by atoms with Gasteiger partial charge in [-0.15, -0.1) is 0 Å². The Morgan fingerprint density at radius 2 is 1.84 bits per heavy atom. The molecule has 4 heteroatoms. The van der Waals surface area contributed by atoms with Gasteiger partial charge in [-0.25, -0.2) is 9.97 Å². The van der Waals surface area contributed by atoms with Crippen molar-refractivity contribution in [1.29, 1.82) is 0 Å². The molecule has 1 aromatic rings. The molecule has 0 aliphatic heterocycles. The van der Waals surface area contributed by atoms with Crippen LogP contribution in [0.25, 0.3) is 0 Å². The SMILES string of the molecule is COCCNCc1cnc(C2CCCCCC2)nc1. The van der Waals surface area contributed by atoms with E-state index in [9.17, 15) is 0 Å². The lowest BCUT2D eigenvalue weighted by Gasteiger charge is -2.12. The zero-order valence-corrected chi connectivity index (χ0v) is 11.9. The molecule has 0 atom stereocenters. The number of ether oxygens (including phenoxy) is 1. The molecule has 1 aromatic heterocycles. The minimum atomic E-state index is 0.581. The molecule has 19 heavy (non-hydrogen) atoms. The standard InChI is InChI=1S/C15H25N3O/c1-19-9-8-16-10-13-11-17-15(18-12-13)14-6-4-2-3-5-7-14/h11-12,14,16H,2-10H2,1H3. The highest BCUT2D eigenvalue weighted by molar-refractivity contribution is 5.07. The Kier molecular flexibility index (Phi) is 6.24. The lowest BCUT2D eigenvalue weighted by atomic mass is 9.99. The summed E-state index contributed by atoms with van der Waals surface area (Å²) in [4.78, 5) is 9.12. The second kappa shape index (κ2) is 8.23. The van der Waals surface area contributed by atoms with Crippen molar-refractivity contribution < 1.29 is 4.74 Å². The smallest absolute Gasteiger partial charge is 0.131 e. The molecule has 1 fully saturated rings. The minimum Gasteiger partial charge on any atom is -0.383 e. The van der Waals surface area contributed by atoms with Gasteiger partial charge in [-0.1, -0.05) is 25.7 Å². The topological polar surface area (TPSA) is 47.0 Å². The lowest BCUT2D eigenvalue weighted by Crippen LogP contribution is -2.19. The Labute approximate surface area is 116 Å². The first-order valence-corrected chi connectivity index (χ1v) is 7.40. The van der Waals surface area contributed by atoms with Crippen LogP contribution in [0, 0.1) is 0 Å². The van der Waals surface area contributed by atoms with E-state index in [1.165, 1.54) is 38.5 Å². The van der Waals surface area contributed by atoms with Gasteiger partial charge in [-0.2, -0.15) is 0 Å². The average Bonchev–Trinajstić information content (AvgIpc) is 2.73. The number of rotatable bonds is 6. The third kappa shape index (κ3) is 4.88. The Morgan fingerprint density at radius 3 is 2.47 bits per heavy atom. The molecule has 0 unspecified atom stereocenters. The summed E-state index contributed by atoms with van der Waals surface area (Å²) in [5.41, 5.74) is 1.15. The first kappa shape index (κ1) is 14.4. The third-order valence-corrected chi connectivity index (χ3v) is 3.76. The highest BCUT2D eigenvalue weighted by atomic mass is 16.5. The summed E-state index contributed by atoms with van der Waals surface area (Å²) in [6.07, 6.45) is 11.8. The summed E-state index contributed by atoms with van der Waals surface area (Å²) in [6, 6.07) is 0. The van der Waals surface area contributed by atoms with Crippen molar-refractivity contribution in [3.05, 3.63) is 23.8 Å². The van der Waals surface area contributed by atoms with Crippen LogP contribution in [0.3, 0.4) is 0 Å². The molecule has 1 aliphatic rings. The van der Waals surface area contributed by atoms with Crippen molar-refractivity contribution in [3.8, 4) is 0 Å². The van der Waals surface area contributed by atoms with Gasteiger partial charge in [-0.3, -0.25) is 0 Å². The summed E-state index contributed by atoms with van der Waals surface area (Å²) < 4.78 is 5.00. The van der Waals surface area contributed by atoms with Crippen LogP contribution in [0.1, 0.15) is 55.8 Å². The second-order valence-corrected chi connectivity index (χ2v) is 5.31. The molecule has 1 heterocycles. The van der Waals surface area contributed by atoms with Crippen LogP contribution in [0.2, 0.25) is 0 Å². The molecule has 4 nitrogen and oxygen atoms in total. The van der Waals surface area contributed by atoms with E-state index in [4.69, 9.17) is 4.74 Å². The molecule has 0 spiro atoms. The number of aromatic nitrogens is 2. The van der Waals surface area contributed by atoms with Crippen molar-refractivity contribution in [2.75, 3.05) is 20.3 Å². The van der Waals surface area contributed by atoms with Gasteiger partial charge in [0, 0.05) is 44.1 Å². The summed E-state index contributed by atoms with van der Waals surface area (Å²) in [7, 11) is 1.71. The molecule has 0 radical (unpaired) electrons. The fourth-order valence-corrected chi connectivity index (χ4v) is 2.61. The Balaban J connectivity index is 1.83. The fourth-order valence-electron chi connectivity index (χ4n) is 2.61. The van der Waals surface area contributed by atoms with Crippen molar-refractivity contribution in [3.63, 3.8) is 0 Å². The van der Waals surface area contributed by atoms with Gasteiger partial charge in [0.25, 0.3) is 0 Å². The van der Waals surface area contributed by atoms with E-state index >= 15 is 0 Å². The minimum absolute atomic E-state index is 0.581. The van der Waals surface area contributed by atoms with Crippen LogP contribution < -0.4 is 5.32 Å². The number of nitrogens with one attached hydrogen (secondary N) is 1. The fraction of sp³-hybridized carbons (Fsp3) is 0.733. The number of hydrogen-bond donors (Lipinski definition) is 1. The van der Waals surface area contributed by atoms with Crippen LogP contribution in [-0.2, 0) is 11.3 Å².